The maximum absolute atomic E-state index is 9.74. The van der Waals surface area contributed by atoms with E-state index in [4.69, 9.17) is 19.4 Å². The van der Waals surface area contributed by atoms with Crippen molar-refractivity contribution in [1.82, 2.24) is 0 Å². The van der Waals surface area contributed by atoms with Crippen molar-refractivity contribution in [3.8, 4) is 11.5 Å². The summed E-state index contributed by atoms with van der Waals surface area (Å²) in [7, 11) is -2.16. The van der Waals surface area contributed by atoms with Crippen molar-refractivity contribution in [2.24, 2.45) is 5.11 Å². The molecule has 0 aromatic heterocycles. The molecule has 1 heterocycles. The summed E-state index contributed by atoms with van der Waals surface area (Å²) < 4.78 is 17.7. The molecule has 0 radical (unpaired) electrons. The first-order valence-electron chi connectivity index (χ1n) is 8.42. The number of rotatable bonds is 6. The minimum Gasteiger partial charge on any atom is -0.486 e. The molecule has 138 valence electrons. The van der Waals surface area contributed by atoms with Crippen LogP contribution in [0.2, 0.25) is 18.1 Å². The zero-order valence-corrected chi connectivity index (χ0v) is 16.5. The van der Waals surface area contributed by atoms with Crippen molar-refractivity contribution in [1.29, 1.82) is 0 Å². The average Bonchev–Trinajstić information content (AvgIpc) is 2.56. The number of nitrogens with zero attached hydrogens (tertiary/aromatic N) is 3. The highest BCUT2D eigenvalue weighted by atomic mass is 28.4. The van der Waals surface area contributed by atoms with Crippen LogP contribution in [-0.2, 0) is 4.43 Å². The Bertz CT molecular complexity index is 654. The number of aliphatic hydroxyl groups excluding tert-OH is 1. The van der Waals surface area contributed by atoms with Crippen LogP contribution in [0.25, 0.3) is 10.4 Å². The van der Waals surface area contributed by atoms with E-state index < -0.39 is 20.5 Å². The summed E-state index contributed by atoms with van der Waals surface area (Å²) in [5, 5.41) is 13.5. The molecule has 1 unspecified atom stereocenters. The summed E-state index contributed by atoms with van der Waals surface area (Å²) in [6.07, 6.45) is -0.544. The van der Waals surface area contributed by atoms with Gasteiger partial charge in [-0.15, -0.1) is 0 Å². The van der Waals surface area contributed by atoms with Gasteiger partial charge >= 0.3 is 0 Å². The fourth-order valence-corrected chi connectivity index (χ4v) is 3.64. The fraction of sp³-hybridized carbons (Fsp3) is 0.647. The second-order valence-electron chi connectivity index (χ2n) is 7.66. The molecule has 0 bridgehead atoms. The lowest BCUT2D eigenvalue weighted by atomic mass is 10.0. The molecule has 1 aromatic carbocycles. The lowest BCUT2D eigenvalue weighted by Gasteiger charge is -2.40. The molecule has 0 spiro atoms. The largest absolute Gasteiger partial charge is 0.486 e. The van der Waals surface area contributed by atoms with Crippen molar-refractivity contribution in [2.75, 3.05) is 19.8 Å². The van der Waals surface area contributed by atoms with E-state index in [0.717, 1.165) is 5.56 Å². The second kappa shape index (κ2) is 7.66. The normalized spacial score (nSPS) is 16.7. The zero-order chi connectivity index (χ0) is 18.7. The summed E-state index contributed by atoms with van der Waals surface area (Å²) in [5.41, 5.74) is 9.68. The van der Waals surface area contributed by atoms with E-state index in [-0.39, 0.29) is 11.6 Å². The van der Waals surface area contributed by atoms with E-state index in [9.17, 15) is 5.11 Å². The third-order valence-electron chi connectivity index (χ3n) is 4.86. The van der Waals surface area contributed by atoms with Crippen LogP contribution < -0.4 is 9.47 Å². The number of hydrogen-bond acceptors (Lipinski definition) is 5. The molecular weight excluding hydrogens is 338 g/mol. The molecule has 0 fully saturated rings. The smallest absolute Gasteiger partial charge is 0.192 e. The molecule has 0 saturated heterocycles. The molecule has 25 heavy (non-hydrogen) atoms. The molecule has 1 aliphatic rings. The lowest BCUT2D eigenvalue weighted by molar-refractivity contribution is 0.115. The molecule has 0 aliphatic carbocycles. The van der Waals surface area contributed by atoms with Crippen LogP contribution in [0.4, 0.5) is 0 Å². The van der Waals surface area contributed by atoms with Crippen LogP contribution in [0, 0.1) is 0 Å². The molecule has 8 heteroatoms. The van der Waals surface area contributed by atoms with Gasteiger partial charge in [0.25, 0.3) is 0 Å². The minimum atomic E-state index is -2.16. The summed E-state index contributed by atoms with van der Waals surface area (Å²) >= 11 is 0. The molecule has 2 rings (SSSR count). The highest BCUT2D eigenvalue weighted by Crippen LogP contribution is 2.42. The maximum atomic E-state index is 9.74. The number of aliphatic hydroxyl groups is 1. The Morgan fingerprint density at radius 3 is 2.48 bits per heavy atom. The Labute approximate surface area is 149 Å². The van der Waals surface area contributed by atoms with Crippen LogP contribution in [0.5, 0.6) is 11.5 Å². The average molecular weight is 366 g/mol. The third-order valence-corrected chi connectivity index (χ3v) is 9.31. The Hall–Kier alpha value is -1.73. The number of ether oxygens (including phenoxy) is 2. The molecule has 0 saturated carbocycles. The van der Waals surface area contributed by atoms with Gasteiger partial charge in [-0.05, 0) is 41.4 Å². The van der Waals surface area contributed by atoms with Gasteiger partial charge in [-0.25, -0.2) is 0 Å². The first kappa shape index (κ1) is 19.6. The molecular formula is C17H27N3O4Si. The van der Waals surface area contributed by atoms with Crippen LogP contribution in [0.15, 0.2) is 23.3 Å². The van der Waals surface area contributed by atoms with E-state index in [0.29, 0.717) is 24.7 Å². The van der Waals surface area contributed by atoms with Gasteiger partial charge in [0.2, 0.25) is 0 Å². The number of hydrogen-bond donors (Lipinski definition) is 1. The van der Waals surface area contributed by atoms with Crippen molar-refractivity contribution < 1.29 is 19.0 Å². The predicted molar refractivity (Wildman–Crippen MR) is 98.5 cm³/mol. The van der Waals surface area contributed by atoms with Gasteiger partial charge in [0, 0.05) is 4.91 Å². The number of fused-ring (bicyclic) bond motifs is 1. The van der Waals surface area contributed by atoms with E-state index in [1.54, 1.807) is 0 Å². The molecule has 1 aromatic rings. The highest BCUT2D eigenvalue weighted by molar-refractivity contribution is 6.74. The van der Waals surface area contributed by atoms with Gasteiger partial charge in [0.15, 0.2) is 19.8 Å². The van der Waals surface area contributed by atoms with Gasteiger partial charge in [0.05, 0.1) is 18.8 Å². The van der Waals surface area contributed by atoms with Crippen LogP contribution in [0.3, 0.4) is 0 Å². The Morgan fingerprint density at radius 2 is 1.92 bits per heavy atom. The monoisotopic (exact) mass is 365 g/mol. The van der Waals surface area contributed by atoms with E-state index in [1.165, 1.54) is 0 Å². The van der Waals surface area contributed by atoms with Gasteiger partial charge in [0.1, 0.15) is 13.2 Å². The molecule has 1 N–H and O–H groups in total. The van der Waals surface area contributed by atoms with E-state index in [1.807, 2.05) is 18.2 Å². The SMILES string of the molecule is CC(C)(C)[Si](C)(C)OC(c1ccc2c(c1)OCCO2)[C@@H](CO)N=[N+]=[N-]. The number of benzene rings is 1. The second-order valence-corrected chi connectivity index (χ2v) is 12.4. The van der Waals surface area contributed by atoms with Crippen molar-refractivity contribution in [3.63, 3.8) is 0 Å². The minimum absolute atomic E-state index is 0.0184. The van der Waals surface area contributed by atoms with Crippen molar-refractivity contribution >= 4 is 8.32 Å². The van der Waals surface area contributed by atoms with Gasteiger partial charge < -0.3 is 19.0 Å². The predicted octanol–water partition coefficient (Wildman–Crippen LogP) is 4.19. The van der Waals surface area contributed by atoms with Crippen LogP contribution >= 0.6 is 0 Å². The Kier molecular flexibility index (Phi) is 6.00. The molecule has 1 aliphatic heterocycles. The quantitative estimate of drug-likeness (QED) is 0.354. The zero-order valence-electron chi connectivity index (χ0n) is 15.5. The summed E-state index contributed by atoms with van der Waals surface area (Å²) in [6.45, 7) is 11.4. The molecule has 7 nitrogen and oxygen atoms in total. The lowest BCUT2D eigenvalue weighted by Crippen LogP contribution is -2.44. The summed E-state index contributed by atoms with van der Waals surface area (Å²) in [4.78, 5) is 2.88. The van der Waals surface area contributed by atoms with Gasteiger partial charge in [-0.1, -0.05) is 32.0 Å². The van der Waals surface area contributed by atoms with E-state index >= 15 is 0 Å². The standard InChI is InChI=1S/C17H27N3O4Si/c1-17(2,3)25(4,5)24-16(13(11-21)19-20-18)12-6-7-14-15(10-12)23-9-8-22-14/h6-7,10,13,16,21H,8-9,11H2,1-5H3/t13-,16?/m1/s1. The first-order chi connectivity index (χ1) is 11.7. The third kappa shape index (κ3) is 4.46. The fourth-order valence-electron chi connectivity index (χ4n) is 2.36. The van der Waals surface area contributed by atoms with Crippen molar-refractivity contribution in [2.45, 2.75) is 51.0 Å². The van der Waals surface area contributed by atoms with E-state index in [2.05, 4.69) is 43.9 Å². The van der Waals surface area contributed by atoms with Crippen molar-refractivity contribution in [3.05, 3.63) is 34.2 Å². The topological polar surface area (TPSA) is 96.7 Å². The number of azide groups is 1. The van der Waals surface area contributed by atoms with Crippen LogP contribution in [-0.4, -0.2) is 39.3 Å². The van der Waals surface area contributed by atoms with Gasteiger partial charge in [-0.3, -0.25) is 0 Å². The molecule has 2 atom stereocenters. The Morgan fingerprint density at radius 1 is 1.28 bits per heavy atom. The van der Waals surface area contributed by atoms with Gasteiger partial charge in [-0.2, -0.15) is 0 Å². The molecule has 0 amide bonds. The highest BCUT2D eigenvalue weighted by Gasteiger charge is 2.41. The Balaban J connectivity index is 2.42. The van der Waals surface area contributed by atoms with Crippen LogP contribution in [0.1, 0.15) is 32.4 Å². The summed E-state index contributed by atoms with van der Waals surface area (Å²) in [5.74, 6) is 1.33. The first-order valence-corrected chi connectivity index (χ1v) is 11.3. The maximum Gasteiger partial charge on any atom is 0.192 e. The summed E-state index contributed by atoms with van der Waals surface area (Å²) in [6, 6.07) is 4.85.